The zero-order valence-electron chi connectivity index (χ0n) is 10.3. The molecule has 2 aliphatic rings. The molecule has 0 heterocycles. The molecule has 2 fully saturated rings. The van der Waals surface area contributed by atoms with E-state index in [1.54, 1.807) is 0 Å². The second-order valence-corrected chi connectivity index (χ2v) is 4.97. The minimum atomic E-state index is 0. The Balaban J connectivity index is 0.00000128. The van der Waals surface area contributed by atoms with E-state index in [-0.39, 0.29) is 24.0 Å². The minimum Gasteiger partial charge on any atom is -0.359 e. The molecule has 0 radical (unpaired) electrons. The zero-order valence-corrected chi connectivity index (χ0v) is 12.7. The van der Waals surface area contributed by atoms with Crippen molar-refractivity contribution in [3.05, 3.63) is 0 Å². The van der Waals surface area contributed by atoms with Crippen molar-refractivity contribution in [3.63, 3.8) is 0 Å². The average molecular weight is 337 g/mol. The van der Waals surface area contributed by atoms with Crippen molar-refractivity contribution >= 4 is 29.9 Å². The van der Waals surface area contributed by atoms with Gasteiger partial charge in [-0.05, 0) is 43.4 Å². The molecule has 0 aliphatic heterocycles. The number of nitrogens with one attached hydrogen (secondary N) is 2. The summed E-state index contributed by atoms with van der Waals surface area (Å²) in [5.74, 6) is 4.03. The summed E-state index contributed by atoms with van der Waals surface area (Å²) in [5, 5.41) is 6.39. The van der Waals surface area contributed by atoms with E-state index in [0.29, 0.717) is 0 Å². The summed E-state index contributed by atoms with van der Waals surface area (Å²) in [7, 11) is 3.73. The first-order valence-corrected chi connectivity index (χ1v) is 6.22. The van der Waals surface area contributed by atoms with Gasteiger partial charge in [-0.25, -0.2) is 0 Å². The van der Waals surface area contributed by atoms with Crippen LogP contribution in [-0.2, 0) is 0 Å². The summed E-state index contributed by atoms with van der Waals surface area (Å²) in [5.41, 5.74) is 0. The lowest BCUT2D eigenvalue weighted by Gasteiger charge is -2.21. The maximum atomic E-state index is 4.11. The van der Waals surface area contributed by atoms with E-state index in [1.807, 2.05) is 14.1 Å². The van der Waals surface area contributed by atoms with E-state index < -0.39 is 0 Å². The average Bonchev–Trinajstić information content (AvgIpc) is 2.86. The van der Waals surface area contributed by atoms with Gasteiger partial charge in [0.25, 0.3) is 0 Å². The summed E-state index contributed by atoms with van der Waals surface area (Å²) >= 11 is 0. The summed E-state index contributed by atoms with van der Waals surface area (Å²) in [6.45, 7) is 1.07. The first-order chi connectivity index (χ1) is 7.33. The summed E-state index contributed by atoms with van der Waals surface area (Å²) in [4.78, 5) is 4.11. The molecule has 4 heteroatoms. The number of rotatable bonds is 3. The topological polar surface area (TPSA) is 36.4 Å². The highest BCUT2D eigenvalue weighted by Gasteiger charge is 2.38. The Kier molecular flexibility index (Phi) is 5.86. The Hall–Kier alpha value is 0. The minimum absolute atomic E-state index is 0. The van der Waals surface area contributed by atoms with Crippen molar-refractivity contribution in [2.75, 3.05) is 20.6 Å². The van der Waals surface area contributed by atoms with Crippen molar-refractivity contribution in [2.24, 2.45) is 22.7 Å². The molecule has 2 saturated carbocycles. The molecule has 3 atom stereocenters. The molecular weight excluding hydrogens is 313 g/mol. The zero-order chi connectivity index (χ0) is 10.7. The summed E-state index contributed by atoms with van der Waals surface area (Å²) in [6, 6.07) is 0. The van der Waals surface area contributed by atoms with Gasteiger partial charge in [-0.1, -0.05) is 6.42 Å². The highest BCUT2D eigenvalue weighted by molar-refractivity contribution is 14.0. The Bertz CT molecular complexity index is 242. The van der Waals surface area contributed by atoms with Gasteiger partial charge in [0.2, 0.25) is 0 Å². The van der Waals surface area contributed by atoms with Crippen LogP contribution < -0.4 is 10.6 Å². The number of hydrogen-bond acceptors (Lipinski definition) is 1. The van der Waals surface area contributed by atoms with Crippen LogP contribution in [0.15, 0.2) is 4.99 Å². The Morgan fingerprint density at radius 3 is 2.62 bits per heavy atom. The molecule has 16 heavy (non-hydrogen) atoms. The van der Waals surface area contributed by atoms with Gasteiger partial charge in [-0.3, -0.25) is 4.99 Å². The fourth-order valence-electron chi connectivity index (χ4n) is 3.39. The van der Waals surface area contributed by atoms with Crippen LogP contribution in [0.5, 0.6) is 0 Å². The van der Waals surface area contributed by atoms with E-state index in [0.717, 1.165) is 30.3 Å². The van der Waals surface area contributed by atoms with E-state index in [1.165, 1.54) is 32.1 Å². The molecule has 0 aromatic carbocycles. The summed E-state index contributed by atoms with van der Waals surface area (Å²) < 4.78 is 0. The maximum Gasteiger partial charge on any atom is 0.190 e. The number of halogens is 1. The smallest absolute Gasteiger partial charge is 0.190 e. The Labute approximate surface area is 116 Å². The monoisotopic (exact) mass is 337 g/mol. The van der Waals surface area contributed by atoms with Crippen LogP contribution >= 0.6 is 24.0 Å². The molecular formula is C12H24IN3. The number of nitrogens with zero attached hydrogens (tertiary/aromatic N) is 1. The maximum absolute atomic E-state index is 4.11. The van der Waals surface area contributed by atoms with Gasteiger partial charge in [0, 0.05) is 20.6 Å². The third-order valence-electron chi connectivity index (χ3n) is 4.15. The molecule has 3 unspecified atom stereocenters. The van der Waals surface area contributed by atoms with Crippen LogP contribution in [0, 0.1) is 17.8 Å². The molecule has 2 aliphatic carbocycles. The number of aliphatic imine (C=N–C) groups is 1. The molecule has 0 aromatic rings. The lowest BCUT2D eigenvalue weighted by molar-refractivity contribution is 0.315. The predicted molar refractivity (Wildman–Crippen MR) is 79.4 cm³/mol. The fraction of sp³-hybridized carbons (Fsp3) is 0.917. The van der Waals surface area contributed by atoms with Gasteiger partial charge in [0.1, 0.15) is 0 Å². The third kappa shape index (κ3) is 3.25. The highest BCUT2D eigenvalue weighted by Crippen LogP contribution is 2.49. The van der Waals surface area contributed by atoms with Gasteiger partial charge in [-0.15, -0.1) is 24.0 Å². The Morgan fingerprint density at radius 2 is 2.12 bits per heavy atom. The lowest BCUT2D eigenvalue weighted by Crippen LogP contribution is -2.36. The van der Waals surface area contributed by atoms with Crippen LogP contribution in [-0.4, -0.2) is 26.6 Å². The van der Waals surface area contributed by atoms with E-state index in [4.69, 9.17) is 0 Å². The van der Waals surface area contributed by atoms with Crippen LogP contribution in [0.4, 0.5) is 0 Å². The molecule has 2 bridgehead atoms. The standard InChI is InChI=1S/C12H23N3.HI/c1-13-12(14-2)15-6-5-11-8-9-3-4-10(11)7-9;/h9-11H,3-8H2,1-2H3,(H2,13,14,15);1H. The normalized spacial score (nSPS) is 32.4. The van der Waals surface area contributed by atoms with Crippen molar-refractivity contribution < 1.29 is 0 Å². The van der Waals surface area contributed by atoms with Crippen LogP contribution in [0.1, 0.15) is 32.1 Å². The largest absolute Gasteiger partial charge is 0.359 e. The molecule has 0 amide bonds. The van der Waals surface area contributed by atoms with Crippen molar-refractivity contribution in [1.29, 1.82) is 0 Å². The second-order valence-electron chi connectivity index (χ2n) is 4.97. The van der Waals surface area contributed by atoms with E-state index in [9.17, 15) is 0 Å². The van der Waals surface area contributed by atoms with Gasteiger partial charge in [-0.2, -0.15) is 0 Å². The van der Waals surface area contributed by atoms with Gasteiger partial charge in [0.15, 0.2) is 5.96 Å². The molecule has 0 saturated heterocycles. The van der Waals surface area contributed by atoms with Gasteiger partial charge < -0.3 is 10.6 Å². The fourth-order valence-corrected chi connectivity index (χ4v) is 3.39. The van der Waals surface area contributed by atoms with Gasteiger partial charge in [0.05, 0.1) is 0 Å². The molecule has 94 valence electrons. The quantitative estimate of drug-likeness (QED) is 0.471. The van der Waals surface area contributed by atoms with Crippen molar-refractivity contribution in [1.82, 2.24) is 10.6 Å². The third-order valence-corrected chi connectivity index (χ3v) is 4.15. The Morgan fingerprint density at radius 1 is 1.31 bits per heavy atom. The highest BCUT2D eigenvalue weighted by atomic mass is 127. The number of guanidine groups is 1. The van der Waals surface area contributed by atoms with Crippen LogP contribution in [0.3, 0.4) is 0 Å². The first kappa shape index (κ1) is 14.1. The molecule has 2 N–H and O–H groups in total. The van der Waals surface area contributed by atoms with Crippen LogP contribution in [0.25, 0.3) is 0 Å². The van der Waals surface area contributed by atoms with E-state index in [2.05, 4.69) is 15.6 Å². The molecule has 0 spiro atoms. The number of fused-ring (bicyclic) bond motifs is 2. The van der Waals surface area contributed by atoms with Crippen LogP contribution in [0.2, 0.25) is 0 Å². The second kappa shape index (κ2) is 6.67. The van der Waals surface area contributed by atoms with Gasteiger partial charge >= 0.3 is 0 Å². The SMILES string of the molecule is CN=C(NC)NCCC1CC2CCC1C2.I. The van der Waals surface area contributed by atoms with Crippen molar-refractivity contribution in [2.45, 2.75) is 32.1 Å². The predicted octanol–water partition coefficient (Wildman–Crippen LogP) is 2.23. The lowest BCUT2D eigenvalue weighted by atomic mass is 9.86. The first-order valence-electron chi connectivity index (χ1n) is 6.22. The molecule has 3 nitrogen and oxygen atoms in total. The van der Waals surface area contributed by atoms with E-state index >= 15 is 0 Å². The summed E-state index contributed by atoms with van der Waals surface area (Å²) in [6.07, 6.45) is 7.33. The van der Waals surface area contributed by atoms with Crippen molar-refractivity contribution in [3.8, 4) is 0 Å². The molecule has 2 rings (SSSR count). The molecule has 0 aromatic heterocycles. The number of hydrogen-bond donors (Lipinski definition) is 2.